The second-order valence-electron chi connectivity index (χ2n) is 10.7. The number of carbonyl (C=O) groups excluding carboxylic acids is 2. The van der Waals surface area contributed by atoms with Crippen molar-refractivity contribution in [1.29, 1.82) is 0 Å². The first-order chi connectivity index (χ1) is 15.0. The van der Waals surface area contributed by atoms with E-state index >= 15 is 0 Å². The molecule has 1 N–H and O–H groups in total. The van der Waals surface area contributed by atoms with Gasteiger partial charge in [0.1, 0.15) is 0 Å². The van der Waals surface area contributed by atoms with Crippen molar-refractivity contribution < 1.29 is 9.59 Å². The van der Waals surface area contributed by atoms with E-state index in [9.17, 15) is 9.59 Å². The largest absolute Gasteiger partial charge is 0.353 e. The number of piperidine rings is 1. The van der Waals surface area contributed by atoms with Crippen LogP contribution in [-0.4, -0.2) is 35.8 Å². The standard InChI is InChI=1S/C28H38N2O2/c1-20(2)29-25(31)28(14-16-30(17-15-28)26(32)27(4,5)6)19-22-10-12-23(13-11-22)24-9-7-8-21(3)18-24/h7-13,18,20H,14-17,19H2,1-6H3,(H,29,31). The molecule has 0 spiro atoms. The number of likely N-dealkylation sites (tertiary alicyclic amines) is 1. The predicted octanol–water partition coefficient (Wildman–Crippen LogP) is 5.38. The summed E-state index contributed by atoms with van der Waals surface area (Å²) in [4.78, 5) is 28.0. The second kappa shape index (κ2) is 9.48. The monoisotopic (exact) mass is 434 g/mol. The number of rotatable bonds is 5. The molecule has 0 radical (unpaired) electrons. The lowest BCUT2D eigenvalue weighted by Gasteiger charge is -2.42. The molecule has 2 amide bonds. The molecule has 0 unspecified atom stereocenters. The molecular formula is C28H38N2O2. The Hall–Kier alpha value is -2.62. The van der Waals surface area contributed by atoms with Crippen molar-refractivity contribution >= 4 is 11.8 Å². The summed E-state index contributed by atoms with van der Waals surface area (Å²) in [5.41, 5.74) is 3.92. The third-order valence-corrected chi connectivity index (χ3v) is 6.40. The summed E-state index contributed by atoms with van der Waals surface area (Å²) in [7, 11) is 0. The fraction of sp³-hybridized carbons (Fsp3) is 0.500. The number of hydrogen-bond donors (Lipinski definition) is 1. The lowest BCUT2D eigenvalue weighted by molar-refractivity contribution is -0.146. The third-order valence-electron chi connectivity index (χ3n) is 6.40. The van der Waals surface area contributed by atoms with Crippen LogP contribution in [0.3, 0.4) is 0 Å². The van der Waals surface area contributed by atoms with E-state index in [1.54, 1.807) is 0 Å². The molecule has 172 valence electrons. The quantitative estimate of drug-likeness (QED) is 0.686. The minimum Gasteiger partial charge on any atom is -0.353 e. The average molecular weight is 435 g/mol. The molecule has 1 heterocycles. The molecule has 0 saturated carbocycles. The highest BCUT2D eigenvalue weighted by molar-refractivity contribution is 5.85. The molecule has 2 aromatic carbocycles. The first-order valence-corrected chi connectivity index (χ1v) is 11.8. The summed E-state index contributed by atoms with van der Waals surface area (Å²) in [5, 5.41) is 3.15. The predicted molar refractivity (Wildman–Crippen MR) is 131 cm³/mol. The SMILES string of the molecule is Cc1cccc(-c2ccc(CC3(C(=O)NC(C)C)CCN(C(=O)C(C)(C)C)CC3)cc2)c1. The molecule has 32 heavy (non-hydrogen) atoms. The Morgan fingerprint density at radius 1 is 1.00 bits per heavy atom. The smallest absolute Gasteiger partial charge is 0.227 e. The Morgan fingerprint density at radius 2 is 1.62 bits per heavy atom. The van der Waals surface area contributed by atoms with Gasteiger partial charge >= 0.3 is 0 Å². The van der Waals surface area contributed by atoms with E-state index in [4.69, 9.17) is 0 Å². The van der Waals surface area contributed by atoms with Gasteiger partial charge in [0.2, 0.25) is 11.8 Å². The van der Waals surface area contributed by atoms with E-state index in [2.05, 4.69) is 60.8 Å². The molecule has 4 nitrogen and oxygen atoms in total. The molecule has 0 bridgehead atoms. The van der Waals surface area contributed by atoms with Crippen molar-refractivity contribution in [3.05, 3.63) is 59.7 Å². The number of benzene rings is 2. The first-order valence-electron chi connectivity index (χ1n) is 11.8. The number of hydrogen-bond acceptors (Lipinski definition) is 2. The third kappa shape index (κ3) is 5.59. The maximum atomic E-state index is 13.3. The zero-order valence-electron chi connectivity index (χ0n) is 20.5. The Balaban J connectivity index is 1.80. The van der Waals surface area contributed by atoms with Crippen LogP contribution in [0.15, 0.2) is 48.5 Å². The van der Waals surface area contributed by atoms with Crippen LogP contribution in [0.1, 0.15) is 58.6 Å². The van der Waals surface area contributed by atoms with Crippen molar-refractivity contribution in [1.82, 2.24) is 10.2 Å². The van der Waals surface area contributed by atoms with Gasteiger partial charge in [-0.25, -0.2) is 0 Å². The average Bonchev–Trinajstić information content (AvgIpc) is 2.73. The molecule has 1 saturated heterocycles. The van der Waals surface area contributed by atoms with E-state index in [0.717, 1.165) is 5.56 Å². The summed E-state index contributed by atoms with van der Waals surface area (Å²) in [6.07, 6.45) is 2.07. The Bertz CT molecular complexity index is 946. The number of amides is 2. The number of carbonyl (C=O) groups is 2. The summed E-state index contributed by atoms with van der Waals surface area (Å²) >= 11 is 0. The van der Waals surface area contributed by atoms with Gasteiger partial charge in [-0.05, 0) is 56.7 Å². The topological polar surface area (TPSA) is 49.4 Å². The highest BCUT2D eigenvalue weighted by atomic mass is 16.2. The molecule has 0 aliphatic carbocycles. The van der Waals surface area contributed by atoms with E-state index in [1.165, 1.54) is 16.7 Å². The second-order valence-corrected chi connectivity index (χ2v) is 10.7. The maximum absolute atomic E-state index is 13.3. The van der Waals surface area contributed by atoms with E-state index in [-0.39, 0.29) is 17.9 Å². The van der Waals surface area contributed by atoms with Crippen LogP contribution in [0.2, 0.25) is 0 Å². The van der Waals surface area contributed by atoms with Crippen LogP contribution in [0, 0.1) is 17.8 Å². The van der Waals surface area contributed by atoms with Crippen molar-refractivity contribution in [3.63, 3.8) is 0 Å². The van der Waals surface area contributed by atoms with Crippen molar-refractivity contribution in [2.45, 2.75) is 66.8 Å². The van der Waals surface area contributed by atoms with Gasteiger partial charge in [0.15, 0.2) is 0 Å². The van der Waals surface area contributed by atoms with Crippen LogP contribution in [0.5, 0.6) is 0 Å². The van der Waals surface area contributed by atoms with Crippen molar-refractivity contribution in [2.24, 2.45) is 10.8 Å². The molecule has 0 aromatic heterocycles. The van der Waals surface area contributed by atoms with Crippen LogP contribution in [0.4, 0.5) is 0 Å². The summed E-state index contributed by atoms with van der Waals surface area (Å²) in [6.45, 7) is 13.2. The molecule has 1 aliphatic rings. The van der Waals surface area contributed by atoms with Crippen LogP contribution < -0.4 is 5.32 Å². The van der Waals surface area contributed by atoms with Crippen LogP contribution in [0.25, 0.3) is 11.1 Å². The molecule has 4 heteroatoms. The van der Waals surface area contributed by atoms with Gasteiger partial charge in [0.05, 0.1) is 5.41 Å². The van der Waals surface area contributed by atoms with Gasteiger partial charge in [0, 0.05) is 24.5 Å². The Labute approximate surface area is 193 Å². The highest BCUT2D eigenvalue weighted by Gasteiger charge is 2.43. The maximum Gasteiger partial charge on any atom is 0.227 e. The van der Waals surface area contributed by atoms with Gasteiger partial charge in [-0.3, -0.25) is 9.59 Å². The van der Waals surface area contributed by atoms with E-state index in [0.29, 0.717) is 32.4 Å². The Morgan fingerprint density at radius 3 is 2.16 bits per heavy atom. The molecule has 1 fully saturated rings. The number of nitrogens with one attached hydrogen (secondary N) is 1. The summed E-state index contributed by atoms with van der Waals surface area (Å²) in [5.74, 6) is 0.274. The van der Waals surface area contributed by atoms with E-state index < -0.39 is 10.8 Å². The molecular weight excluding hydrogens is 396 g/mol. The van der Waals surface area contributed by atoms with Gasteiger partial charge in [-0.2, -0.15) is 0 Å². The highest BCUT2D eigenvalue weighted by Crippen LogP contribution is 2.37. The summed E-state index contributed by atoms with van der Waals surface area (Å²) < 4.78 is 0. The number of nitrogens with zero attached hydrogens (tertiary/aromatic N) is 1. The van der Waals surface area contributed by atoms with Crippen LogP contribution >= 0.6 is 0 Å². The van der Waals surface area contributed by atoms with Crippen molar-refractivity contribution in [2.75, 3.05) is 13.1 Å². The van der Waals surface area contributed by atoms with E-state index in [1.807, 2.05) is 39.5 Å². The fourth-order valence-electron chi connectivity index (χ4n) is 4.54. The summed E-state index contributed by atoms with van der Waals surface area (Å²) in [6, 6.07) is 17.2. The van der Waals surface area contributed by atoms with Gasteiger partial charge in [0.25, 0.3) is 0 Å². The fourth-order valence-corrected chi connectivity index (χ4v) is 4.54. The molecule has 2 aromatic rings. The minimum atomic E-state index is -0.482. The van der Waals surface area contributed by atoms with Gasteiger partial charge in [-0.15, -0.1) is 0 Å². The lowest BCUT2D eigenvalue weighted by Crippen LogP contribution is -2.53. The normalized spacial score (nSPS) is 16.2. The minimum absolute atomic E-state index is 0.0947. The van der Waals surface area contributed by atoms with Gasteiger partial charge in [-0.1, -0.05) is 74.9 Å². The number of aryl methyl sites for hydroxylation is 1. The van der Waals surface area contributed by atoms with Crippen molar-refractivity contribution in [3.8, 4) is 11.1 Å². The molecule has 1 aliphatic heterocycles. The molecule has 0 atom stereocenters. The first kappa shape index (κ1) is 24.0. The lowest BCUT2D eigenvalue weighted by atomic mass is 9.72. The zero-order valence-corrected chi connectivity index (χ0v) is 20.5. The molecule has 3 rings (SSSR count). The zero-order chi connectivity index (χ0) is 23.5. The van der Waals surface area contributed by atoms with Crippen LogP contribution in [-0.2, 0) is 16.0 Å². The Kier molecular flexibility index (Phi) is 7.12. The van der Waals surface area contributed by atoms with Gasteiger partial charge < -0.3 is 10.2 Å².